The van der Waals surface area contributed by atoms with Crippen LogP contribution in [0.5, 0.6) is 0 Å². The van der Waals surface area contributed by atoms with Crippen LogP contribution in [0, 0.1) is 0 Å². The van der Waals surface area contributed by atoms with Crippen LogP contribution in [0.25, 0.3) is 0 Å². The lowest BCUT2D eigenvalue weighted by atomic mass is 10.0. The average molecular weight is 488 g/mol. The van der Waals surface area contributed by atoms with Gasteiger partial charge in [-0.25, -0.2) is 4.99 Å². The van der Waals surface area contributed by atoms with Crippen molar-refractivity contribution in [3.8, 4) is 0 Å². The normalized spacial score (nSPS) is 16.3. The quantitative estimate of drug-likeness (QED) is 0.333. The Morgan fingerprint density at radius 3 is 2.44 bits per heavy atom. The first-order valence-corrected chi connectivity index (χ1v) is 10.1. The Morgan fingerprint density at radius 1 is 1.19 bits per heavy atom. The molecule has 0 aromatic heterocycles. The summed E-state index contributed by atoms with van der Waals surface area (Å²) in [7, 11) is 0. The van der Waals surface area contributed by atoms with Crippen molar-refractivity contribution in [2.75, 3.05) is 26.2 Å². The number of piperidine rings is 1. The van der Waals surface area contributed by atoms with Crippen molar-refractivity contribution in [3.05, 3.63) is 35.4 Å². The van der Waals surface area contributed by atoms with Crippen molar-refractivity contribution in [2.45, 2.75) is 65.8 Å². The van der Waals surface area contributed by atoms with Gasteiger partial charge in [-0.05, 0) is 51.7 Å². The highest BCUT2D eigenvalue weighted by atomic mass is 127. The molecule has 2 N–H and O–H groups in total. The van der Waals surface area contributed by atoms with Crippen LogP contribution in [-0.2, 0) is 17.9 Å². The fourth-order valence-electron chi connectivity index (χ4n) is 3.30. The van der Waals surface area contributed by atoms with Crippen LogP contribution in [0.1, 0.15) is 51.7 Å². The molecule has 27 heavy (non-hydrogen) atoms. The summed E-state index contributed by atoms with van der Waals surface area (Å²) in [5, 5.41) is 7.02. The monoisotopic (exact) mass is 488 g/mol. The zero-order chi connectivity index (χ0) is 18.8. The highest BCUT2D eigenvalue weighted by molar-refractivity contribution is 14.0. The second-order valence-electron chi connectivity index (χ2n) is 7.15. The highest BCUT2D eigenvalue weighted by Gasteiger charge is 2.21. The molecule has 0 saturated carbocycles. The molecule has 1 aromatic carbocycles. The number of likely N-dealkylation sites (tertiary alicyclic amines) is 1. The molecule has 154 valence electrons. The second kappa shape index (κ2) is 13.3. The van der Waals surface area contributed by atoms with E-state index in [2.05, 4.69) is 60.6 Å². The predicted octanol–water partition coefficient (Wildman–Crippen LogP) is 3.77. The number of benzene rings is 1. The third kappa shape index (κ3) is 8.35. The zero-order valence-electron chi connectivity index (χ0n) is 17.3. The molecular weight excluding hydrogens is 451 g/mol. The van der Waals surface area contributed by atoms with Gasteiger partial charge in [-0.2, -0.15) is 0 Å². The molecule has 0 radical (unpaired) electrons. The summed E-state index contributed by atoms with van der Waals surface area (Å²) in [6.07, 6.45) is 2.34. The summed E-state index contributed by atoms with van der Waals surface area (Å²) in [5.74, 6) is 0.918. The van der Waals surface area contributed by atoms with Crippen molar-refractivity contribution in [1.82, 2.24) is 15.5 Å². The van der Waals surface area contributed by atoms with Crippen LogP contribution in [0.4, 0.5) is 0 Å². The van der Waals surface area contributed by atoms with Gasteiger partial charge in [0.05, 0.1) is 13.2 Å². The van der Waals surface area contributed by atoms with Gasteiger partial charge in [0, 0.05) is 38.3 Å². The molecule has 1 heterocycles. The topological polar surface area (TPSA) is 48.9 Å². The first-order valence-electron chi connectivity index (χ1n) is 10.1. The van der Waals surface area contributed by atoms with Crippen LogP contribution in [0.15, 0.2) is 29.3 Å². The number of nitrogens with one attached hydrogen (secondary N) is 2. The van der Waals surface area contributed by atoms with Crippen molar-refractivity contribution in [3.63, 3.8) is 0 Å². The van der Waals surface area contributed by atoms with E-state index in [1.165, 1.54) is 24.0 Å². The molecule has 0 aliphatic carbocycles. The largest absolute Gasteiger partial charge is 0.377 e. The van der Waals surface area contributed by atoms with Gasteiger partial charge in [0.2, 0.25) is 0 Å². The maximum absolute atomic E-state index is 5.58. The van der Waals surface area contributed by atoms with Crippen LogP contribution < -0.4 is 10.6 Å². The third-order valence-electron chi connectivity index (χ3n) is 4.93. The maximum atomic E-state index is 5.58. The summed E-state index contributed by atoms with van der Waals surface area (Å²) >= 11 is 0. The van der Waals surface area contributed by atoms with Crippen LogP contribution in [0.3, 0.4) is 0 Å². The lowest BCUT2D eigenvalue weighted by molar-refractivity contribution is 0.133. The summed E-state index contributed by atoms with van der Waals surface area (Å²) in [4.78, 5) is 7.37. The van der Waals surface area contributed by atoms with E-state index in [1.807, 2.05) is 6.92 Å². The molecule has 0 bridgehead atoms. The third-order valence-corrected chi connectivity index (χ3v) is 4.93. The maximum Gasteiger partial charge on any atom is 0.191 e. The summed E-state index contributed by atoms with van der Waals surface area (Å²) in [5.41, 5.74) is 2.45. The van der Waals surface area contributed by atoms with Gasteiger partial charge in [-0.15, -0.1) is 24.0 Å². The second-order valence-corrected chi connectivity index (χ2v) is 7.15. The van der Waals surface area contributed by atoms with Gasteiger partial charge in [-0.1, -0.05) is 24.3 Å². The fourth-order valence-corrected chi connectivity index (χ4v) is 3.30. The van der Waals surface area contributed by atoms with E-state index in [1.54, 1.807) is 0 Å². The van der Waals surface area contributed by atoms with E-state index >= 15 is 0 Å². The average Bonchev–Trinajstić information content (AvgIpc) is 2.65. The minimum Gasteiger partial charge on any atom is -0.377 e. The molecule has 0 unspecified atom stereocenters. The zero-order valence-corrected chi connectivity index (χ0v) is 19.7. The Kier molecular flexibility index (Phi) is 11.9. The summed E-state index contributed by atoms with van der Waals surface area (Å²) in [6, 6.07) is 9.54. The van der Waals surface area contributed by atoms with E-state index in [0.717, 1.165) is 32.2 Å². The predicted molar refractivity (Wildman–Crippen MR) is 125 cm³/mol. The van der Waals surface area contributed by atoms with E-state index in [0.29, 0.717) is 25.2 Å². The Bertz CT molecular complexity index is 557. The number of ether oxygens (including phenoxy) is 1. The summed E-state index contributed by atoms with van der Waals surface area (Å²) in [6.45, 7) is 13.9. The number of halogens is 1. The highest BCUT2D eigenvalue weighted by Crippen LogP contribution is 2.14. The standard InChI is InChI=1S/C21H36N4O.HI/c1-5-22-21(24-20-11-13-25(14-12-20)17(3)4)23-15-18-9-7-8-10-19(18)16-26-6-2;/h7-10,17,20H,5-6,11-16H2,1-4H3,(H2,22,23,24);1H. The number of hydrogen-bond acceptors (Lipinski definition) is 3. The van der Waals surface area contributed by atoms with Gasteiger partial charge in [0.1, 0.15) is 0 Å². The Morgan fingerprint density at radius 2 is 1.85 bits per heavy atom. The number of nitrogens with zero attached hydrogens (tertiary/aromatic N) is 2. The molecule has 1 aliphatic rings. The van der Waals surface area contributed by atoms with Gasteiger partial charge < -0.3 is 20.3 Å². The Balaban J connectivity index is 0.00000364. The lowest BCUT2D eigenvalue weighted by Gasteiger charge is -2.35. The van der Waals surface area contributed by atoms with E-state index in [9.17, 15) is 0 Å². The molecule has 1 saturated heterocycles. The van der Waals surface area contributed by atoms with Crippen LogP contribution in [-0.4, -0.2) is 49.2 Å². The smallest absolute Gasteiger partial charge is 0.191 e. The Hall–Kier alpha value is -0.860. The van der Waals surface area contributed by atoms with Crippen molar-refractivity contribution in [1.29, 1.82) is 0 Å². The first-order chi connectivity index (χ1) is 12.6. The van der Waals surface area contributed by atoms with Gasteiger partial charge >= 0.3 is 0 Å². The van der Waals surface area contributed by atoms with Crippen molar-refractivity contribution in [2.24, 2.45) is 4.99 Å². The molecule has 0 atom stereocenters. The minimum absolute atomic E-state index is 0. The SMILES string of the molecule is CCNC(=NCc1ccccc1COCC)NC1CCN(C(C)C)CC1.I. The molecule has 2 rings (SSSR count). The fraction of sp³-hybridized carbons (Fsp3) is 0.667. The lowest BCUT2D eigenvalue weighted by Crippen LogP contribution is -2.49. The number of hydrogen-bond donors (Lipinski definition) is 2. The van der Waals surface area contributed by atoms with Crippen LogP contribution in [0.2, 0.25) is 0 Å². The van der Waals surface area contributed by atoms with Crippen LogP contribution >= 0.6 is 24.0 Å². The molecule has 1 fully saturated rings. The number of rotatable bonds is 8. The van der Waals surface area contributed by atoms with Crippen molar-refractivity contribution >= 4 is 29.9 Å². The number of aliphatic imine (C=N–C) groups is 1. The molecule has 5 nitrogen and oxygen atoms in total. The van der Waals surface area contributed by atoms with Gasteiger partial charge in [0.15, 0.2) is 5.96 Å². The minimum atomic E-state index is 0. The van der Waals surface area contributed by atoms with E-state index < -0.39 is 0 Å². The first kappa shape index (κ1) is 24.2. The van der Waals surface area contributed by atoms with Gasteiger partial charge in [0.25, 0.3) is 0 Å². The van der Waals surface area contributed by atoms with E-state index in [4.69, 9.17) is 9.73 Å². The Labute approximate surface area is 182 Å². The molecule has 0 spiro atoms. The van der Waals surface area contributed by atoms with Gasteiger partial charge in [-0.3, -0.25) is 0 Å². The molecular formula is C21H37IN4O. The van der Waals surface area contributed by atoms with Crippen molar-refractivity contribution < 1.29 is 4.74 Å². The number of guanidine groups is 1. The molecule has 0 amide bonds. The molecule has 1 aromatic rings. The molecule has 1 aliphatic heterocycles. The van der Waals surface area contributed by atoms with E-state index in [-0.39, 0.29) is 24.0 Å². The molecule has 6 heteroatoms. The summed E-state index contributed by atoms with van der Waals surface area (Å²) < 4.78 is 5.58.